The van der Waals surface area contributed by atoms with E-state index >= 15 is 0 Å². The first-order chi connectivity index (χ1) is 11.9. The number of sulfonamides is 1. The van der Waals surface area contributed by atoms with Crippen LogP contribution in [0.15, 0.2) is 47.4 Å². The zero-order chi connectivity index (χ0) is 18.4. The molecule has 0 radical (unpaired) electrons. The molecule has 0 unspecified atom stereocenters. The lowest BCUT2D eigenvalue weighted by molar-refractivity contribution is -0.115. The number of anilines is 1. The average Bonchev–Trinajstić information content (AvgIpc) is 2.60. The van der Waals surface area contributed by atoms with E-state index < -0.39 is 15.9 Å². The van der Waals surface area contributed by atoms with Crippen LogP contribution >= 0.6 is 0 Å². The Morgan fingerprint density at radius 2 is 1.64 bits per heavy atom. The van der Waals surface area contributed by atoms with Crippen molar-refractivity contribution in [1.82, 2.24) is 4.72 Å². The van der Waals surface area contributed by atoms with Gasteiger partial charge < -0.3 is 14.8 Å². The summed E-state index contributed by atoms with van der Waals surface area (Å²) in [6.45, 7) is 1.48. The summed E-state index contributed by atoms with van der Waals surface area (Å²) < 4.78 is 36.9. The average molecular weight is 364 g/mol. The first-order valence-corrected chi connectivity index (χ1v) is 8.92. The molecule has 0 fully saturated rings. The molecule has 25 heavy (non-hydrogen) atoms. The maximum atomic E-state index is 12.2. The predicted molar refractivity (Wildman–Crippen MR) is 94.5 cm³/mol. The number of benzene rings is 2. The molecule has 0 aliphatic rings. The fraction of sp³-hybridized carbons (Fsp3) is 0.235. The van der Waals surface area contributed by atoms with Crippen molar-refractivity contribution in [3.63, 3.8) is 0 Å². The van der Waals surface area contributed by atoms with Crippen LogP contribution in [-0.2, 0) is 14.8 Å². The van der Waals surface area contributed by atoms with Gasteiger partial charge in [0.25, 0.3) is 0 Å². The fourth-order valence-corrected chi connectivity index (χ4v) is 3.06. The van der Waals surface area contributed by atoms with Gasteiger partial charge in [0.2, 0.25) is 15.9 Å². The molecule has 7 nitrogen and oxygen atoms in total. The largest absolute Gasteiger partial charge is 0.493 e. The number of hydrogen-bond donors (Lipinski definition) is 2. The van der Waals surface area contributed by atoms with Crippen molar-refractivity contribution in [3.05, 3.63) is 48.0 Å². The van der Waals surface area contributed by atoms with Crippen LogP contribution in [-0.4, -0.2) is 35.1 Å². The highest BCUT2D eigenvalue weighted by molar-refractivity contribution is 7.89. The van der Waals surface area contributed by atoms with Crippen LogP contribution in [0.1, 0.15) is 5.56 Å². The molecular formula is C17H20N2O5S. The van der Waals surface area contributed by atoms with Gasteiger partial charge in [-0.25, -0.2) is 13.1 Å². The van der Waals surface area contributed by atoms with Gasteiger partial charge in [-0.1, -0.05) is 17.7 Å². The molecule has 0 aliphatic heterocycles. The molecule has 0 saturated carbocycles. The Morgan fingerprint density at radius 1 is 1.00 bits per heavy atom. The van der Waals surface area contributed by atoms with Gasteiger partial charge in [0, 0.05) is 11.8 Å². The van der Waals surface area contributed by atoms with Crippen molar-refractivity contribution < 1.29 is 22.7 Å². The van der Waals surface area contributed by atoms with Crippen LogP contribution in [0.2, 0.25) is 0 Å². The number of methoxy groups -OCH3 is 2. The number of aryl methyl sites for hydroxylation is 1. The molecule has 2 aromatic rings. The molecule has 0 atom stereocenters. The van der Waals surface area contributed by atoms with Gasteiger partial charge in [0.05, 0.1) is 25.7 Å². The Labute approximate surface area is 147 Å². The number of nitrogens with one attached hydrogen (secondary N) is 2. The van der Waals surface area contributed by atoms with E-state index in [1.165, 1.54) is 26.4 Å². The number of carbonyl (C=O) groups is 1. The van der Waals surface area contributed by atoms with E-state index in [-0.39, 0.29) is 11.4 Å². The highest BCUT2D eigenvalue weighted by Crippen LogP contribution is 2.29. The summed E-state index contributed by atoms with van der Waals surface area (Å²) in [7, 11) is -0.748. The maximum Gasteiger partial charge on any atom is 0.241 e. The predicted octanol–water partition coefficient (Wildman–Crippen LogP) is 1.93. The maximum absolute atomic E-state index is 12.2. The first kappa shape index (κ1) is 18.8. The van der Waals surface area contributed by atoms with Crippen LogP contribution in [0.5, 0.6) is 11.5 Å². The molecule has 2 N–H and O–H groups in total. The Bertz CT molecular complexity index is 848. The number of amides is 1. The zero-order valence-corrected chi connectivity index (χ0v) is 15.0. The minimum atomic E-state index is -3.74. The molecule has 2 rings (SSSR count). The van der Waals surface area contributed by atoms with Crippen LogP contribution in [0.25, 0.3) is 0 Å². The normalized spacial score (nSPS) is 11.0. The van der Waals surface area contributed by atoms with Crippen molar-refractivity contribution in [2.45, 2.75) is 11.8 Å². The molecular weight excluding hydrogens is 344 g/mol. The number of hydrogen-bond acceptors (Lipinski definition) is 5. The van der Waals surface area contributed by atoms with E-state index in [1.807, 2.05) is 6.92 Å². The van der Waals surface area contributed by atoms with Gasteiger partial charge in [-0.2, -0.15) is 0 Å². The van der Waals surface area contributed by atoms with Gasteiger partial charge in [-0.05, 0) is 31.2 Å². The highest BCUT2D eigenvalue weighted by Gasteiger charge is 2.15. The van der Waals surface area contributed by atoms with Gasteiger partial charge >= 0.3 is 0 Å². The molecule has 0 saturated heterocycles. The second-order valence-electron chi connectivity index (χ2n) is 5.26. The standard InChI is InChI=1S/C17H20N2O5S/c1-12-4-7-14(8-5-12)25(21,22)18-11-17(20)19-13-6-9-15(23-2)16(10-13)24-3/h4-10,18H,11H2,1-3H3,(H,19,20). The second-order valence-corrected chi connectivity index (χ2v) is 7.02. The van der Waals surface area contributed by atoms with E-state index in [4.69, 9.17) is 9.47 Å². The van der Waals surface area contributed by atoms with Crippen molar-refractivity contribution in [2.24, 2.45) is 0 Å². The first-order valence-electron chi connectivity index (χ1n) is 7.44. The SMILES string of the molecule is COc1ccc(NC(=O)CNS(=O)(=O)c2ccc(C)cc2)cc1OC. The third-order valence-electron chi connectivity index (χ3n) is 3.42. The van der Waals surface area contributed by atoms with Gasteiger partial charge in [0.15, 0.2) is 11.5 Å². The van der Waals surface area contributed by atoms with Gasteiger partial charge in [-0.15, -0.1) is 0 Å². The zero-order valence-electron chi connectivity index (χ0n) is 14.2. The summed E-state index contributed by atoms with van der Waals surface area (Å²) in [5.74, 6) is 0.490. The number of ether oxygens (including phenoxy) is 2. The topological polar surface area (TPSA) is 93.7 Å². The minimum Gasteiger partial charge on any atom is -0.493 e. The monoisotopic (exact) mass is 364 g/mol. The molecule has 0 spiro atoms. The van der Waals surface area contributed by atoms with Crippen molar-refractivity contribution in [1.29, 1.82) is 0 Å². The van der Waals surface area contributed by atoms with E-state index in [9.17, 15) is 13.2 Å². The Balaban J connectivity index is 1.99. The minimum absolute atomic E-state index is 0.108. The van der Waals surface area contributed by atoms with Gasteiger partial charge in [0.1, 0.15) is 0 Å². The second kappa shape index (κ2) is 8.00. The Kier molecular flexibility index (Phi) is 6.00. The van der Waals surface area contributed by atoms with E-state index in [0.717, 1.165) is 5.56 Å². The van der Waals surface area contributed by atoms with Crippen LogP contribution < -0.4 is 19.5 Å². The van der Waals surface area contributed by atoms with Crippen molar-refractivity contribution >= 4 is 21.6 Å². The van der Waals surface area contributed by atoms with Crippen molar-refractivity contribution in [3.8, 4) is 11.5 Å². The molecule has 134 valence electrons. The lowest BCUT2D eigenvalue weighted by Crippen LogP contribution is -2.32. The molecule has 1 amide bonds. The van der Waals surface area contributed by atoms with E-state index in [1.54, 1.807) is 30.3 Å². The number of carbonyl (C=O) groups excluding carboxylic acids is 1. The Hall–Kier alpha value is -2.58. The Morgan fingerprint density at radius 3 is 2.24 bits per heavy atom. The number of rotatable bonds is 7. The summed E-state index contributed by atoms with van der Waals surface area (Å²) in [6.07, 6.45) is 0. The molecule has 0 aromatic heterocycles. The lowest BCUT2D eigenvalue weighted by Gasteiger charge is -2.11. The molecule has 2 aromatic carbocycles. The fourth-order valence-electron chi connectivity index (χ4n) is 2.08. The van der Waals surface area contributed by atoms with Gasteiger partial charge in [-0.3, -0.25) is 4.79 Å². The summed E-state index contributed by atoms with van der Waals surface area (Å²) >= 11 is 0. The molecule has 8 heteroatoms. The third kappa shape index (κ3) is 4.94. The summed E-state index contributed by atoms with van der Waals surface area (Å²) in [5.41, 5.74) is 1.42. The summed E-state index contributed by atoms with van der Waals surface area (Å²) in [6, 6.07) is 11.2. The van der Waals surface area contributed by atoms with Crippen molar-refractivity contribution in [2.75, 3.05) is 26.1 Å². The quantitative estimate of drug-likeness (QED) is 0.783. The lowest BCUT2D eigenvalue weighted by atomic mass is 10.2. The molecule has 0 bridgehead atoms. The smallest absolute Gasteiger partial charge is 0.241 e. The van der Waals surface area contributed by atoms with E-state index in [0.29, 0.717) is 17.2 Å². The highest BCUT2D eigenvalue weighted by atomic mass is 32.2. The molecule has 0 heterocycles. The van der Waals surface area contributed by atoms with Crippen LogP contribution in [0, 0.1) is 6.92 Å². The molecule has 0 aliphatic carbocycles. The van der Waals surface area contributed by atoms with E-state index in [2.05, 4.69) is 10.0 Å². The third-order valence-corrected chi connectivity index (χ3v) is 4.84. The summed E-state index contributed by atoms with van der Waals surface area (Å²) in [4.78, 5) is 12.1. The van der Waals surface area contributed by atoms with Crippen LogP contribution in [0.3, 0.4) is 0 Å². The summed E-state index contributed by atoms with van der Waals surface area (Å²) in [5, 5.41) is 2.60. The van der Waals surface area contributed by atoms with Crippen LogP contribution in [0.4, 0.5) is 5.69 Å².